The first kappa shape index (κ1) is 10.0. The second-order valence-electron chi connectivity index (χ2n) is 2.89. The number of nitriles is 1. The maximum atomic E-state index is 8.90. The third-order valence-electron chi connectivity index (χ3n) is 1.99. The van der Waals surface area contributed by atoms with Gasteiger partial charge in [-0.3, -0.25) is 0 Å². The molecule has 0 aliphatic carbocycles. The minimum atomic E-state index is 0.739. The van der Waals surface area contributed by atoms with Crippen LogP contribution in [0.25, 0.3) is 10.1 Å². The molecule has 0 radical (unpaired) electrons. The number of fused-ring (bicyclic) bond motifs is 1. The Labute approximate surface area is 99.9 Å². The second kappa shape index (κ2) is 3.93. The number of alkyl halides is 1. The fraction of sp³-hybridized carbons (Fsp3) is 0.100. The summed E-state index contributed by atoms with van der Waals surface area (Å²) >= 11 is 9.38. The fourth-order valence-electron chi connectivity index (χ4n) is 1.34. The van der Waals surface area contributed by atoms with Crippen LogP contribution >= 0.6 is 39.9 Å². The van der Waals surface area contributed by atoms with Gasteiger partial charge in [0.05, 0.1) is 5.56 Å². The SMILES string of the molecule is N#Cc1csc2c(S)cc(CBr)cc12. The van der Waals surface area contributed by atoms with Gasteiger partial charge in [0.25, 0.3) is 0 Å². The summed E-state index contributed by atoms with van der Waals surface area (Å²) in [6, 6.07) is 6.26. The molecule has 0 atom stereocenters. The molecule has 0 unspecified atom stereocenters. The predicted octanol–water partition coefficient (Wildman–Crippen LogP) is 3.96. The fourth-order valence-corrected chi connectivity index (χ4v) is 3.00. The third-order valence-corrected chi connectivity index (χ3v) is 4.17. The molecule has 2 rings (SSSR count). The summed E-state index contributed by atoms with van der Waals surface area (Å²) in [5, 5.41) is 12.6. The van der Waals surface area contributed by atoms with E-state index >= 15 is 0 Å². The maximum Gasteiger partial charge on any atom is 0.101 e. The predicted molar refractivity (Wildman–Crippen MR) is 66.4 cm³/mol. The molecule has 4 heteroatoms. The monoisotopic (exact) mass is 283 g/mol. The van der Waals surface area contributed by atoms with E-state index in [1.807, 2.05) is 17.5 Å². The number of nitrogens with zero attached hydrogens (tertiary/aromatic N) is 1. The minimum absolute atomic E-state index is 0.739. The van der Waals surface area contributed by atoms with Crippen molar-refractivity contribution in [1.82, 2.24) is 0 Å². The van der Waals surface area contributed by atoms with Crippen molar-refractivity contribution in [1.29, 1.82) is 5.26 Å². The molecule has 1 heterocycles. The van der Waals surface area contributed by atoms with Gasteiger partial charge in [0.2, 0.25) is 0 Å². The Bertz CT molecular complexity index is 525. The number of halogens is 1. The molecule has 14 heavy (non-hydrogen) atoms. The number of hydrogen-bond donors (Lipinski definition) is 1. The largest absolute Gasteiger partial charge is 0.192 e. The van der Waals surface area contributed by atoms with Crippen LogP contribution in [0, 0.1) is 11.3 Å². The maximum absolute atomic E-state index is 8.90. The first-order valence-corrected chi connectivity index (χ1v) is 6.40. The van der Waals surface area contributed by atoms with E-state index in [4.69, 9.17) is 5.26 Å². The minimum Gasteiger partial charge on any atom is -0.192 e. The lowest BCUT2D eigenvalue weighted by Crippen LogP contribution is -1.79. The standard InChI is InChI=1S/C10H6BrNS2/c11-3-6-1-8-7(4-12)5-14-10(8)9(13)2-6/h1-2,5,13H,3H2. The third kappa shape index (κ3) is 1.56. The molecule has 70 valence electrons. The molecule has 1 aromatic carbocycles. The van der Waals surface area contributed by atoms with Gasteiger partial charge in [0.15, 0.2) is 0 Å². The summed E-state index contributed by atoms with van der Waals surface area (Å²) in [5.74, 6) is 0. The van der Waals surface area contributed by atoms with Gasteiger partial charge < -0.3 is 0 Å². The van der Waals surface area contributed by atoms with Crippen molar-refractivity contribution in [3.63, 3.8) is 0 Å². The van der Waals surface area contributed by atoms with Crippen LogP contribution in [0.3, 0.4) is 0 Å². The van der Waals surface area contributed by atoms with E-state index in [0.29, 0.717) is 0 Å². The van der Waals surface area contributed by atoms with Crippen molar-refractivity contribution < 1.29 is 0 Å². The Hall–Kier alpha value is -0.500. The van der Waals surface area contributed by atoms with E-state index in [1.165, 1.54) is 0 Å². The molecule has 0 bridgehead atoms. The van der Waals surface area contributed by atoms with Crippen LogP contribution in [0.5, 0.6) is 0 Å². The highest BCUT2D eigenvalue weighted by Gasteiger charge is 2.07. The van der Waals surface area contributed by atoms with Crippen molar-refractivity contribution in [2.75, 3.05) is 0 Å². The lowest BCUT2D eigenvalue weighted by Gasteiger charge is -1.99. The Kier molecular flexibility index (Phi) is 2.82. The lowest BCUT2D eigenvalue weighted by molar-refractivity contribution is 1.41. The Balaban J connectivity index is 2.82. The molecule has 2 aromatic rings. The Morgan fingerprint density at radius 1 is 1.50 bits per heavy atom. The summed E-state index contributed by atoms with van der Waals surface area (Å²) in [6.45, 7) is 0. The number of thiophene rings is 1. The second-order valence-corrected chi connectivity index (χ2v) is 4.81. The molecular formula is C10H6BrNS2. The van der Waals surface area contributed by atoms with Gasteiger partial charge >= 0.3 is 0 Å². The Morgan fingerprint density at radius 3 is 2.93 bits per heavy atom. The summed E-state index contributed by atoms with van der Waals surface area (Å²) < 4.78 is 1.09. The van der Waals surface area contributed by atoms with E-state index in [0.717, 1.165) is 31.4 Å². The molecule has 0 amide bonds. The van der Waals surface area contributed by atoms with Crippen LogP contribution < -0.4 is 0 Å². The lowest BCUT2D eigenvalue weighted by atomic mass is 10.1. The van der Waals surface area contributed by atoms with E-state index in [9.17, 15) is 0 Å². The summed E-state index contributed by atoms with van der Waals surface area (Å²) in [4.78, 5) is 0.948. The van der Waals surface area contributed by atoms with Crippen molar-refractivity contribution in [3.8, 4) is 6.07 Å². The average molecular weight is 284 g/mol. The van der Waals surface area contributed by atoms with Crippen LogP contribution in [0.4, 0.5) is 0 Å². The zero-order valence-electron chi connectivity index (χ0n) is 7.12. The quantitative estimate of drug-likeness (QED) is 0.622. The molecule has 0 saturated carbocycles. The number of hydrogen-bond acceptors (Lipinski definition) is 3. The van der Waals surface area contributed by atoms with Gasteiger partial charge in [0.1, 0.15) is 6.07 Å². The summed E-state index contributed by atoms with van der Waals surface area (Å²) in [5.41, 5.74) is 1.89. The van der Waals surface area contributed by atoms with Crippen LogP contribution in [-0.2, 0) is 5.33 Å². The molecule has 0 spiro atoms. The number of rotatable bonds is 1. The van der Waals surface area contributed by atoms with Crippen molar-refractivity contribution >= 4 is 50.0 Å². The smallest absolute Gasteiger partial charge is 0.101 e. The van der Waals surface area contributed by atoms with E-state index in [1.54, 1.807) is 11.3 Å². The summed E-state index contributed by atoms with van der Waals surface area (Å²) in [7, 11) is 0. The van der Waals surface area contributed by atoms with Gasteiger partial charge in [-0.15, -0.1) is 24.0 Å². The van der Waals surface area contributed by atoms with E-state index < -0.39 is 0 Å². The zero-order chi connectivity index (χ0) is 10.1. The molecule has 0 fully saturated rings. The first-order valence-electron chi connectivity index (χ1n) is 3.95. The Morgan fingerprint density at radius 2 is 2.29 bits per heavy atom. The van der Waals surface area contributed by atoms with Crippen LogP contribution in [0.1, 0.15) is 11.1 Å². The summed E-state index contributed by atoms with van der Waals surface area (Å²) in [6.07, 6.45) is 0. The first-order chi connectivity index (χ1) is 6.76. The molecule has 0 saturated heterocycles. The van der Waals surface area contributed by atoms with Gasteiger partial charge in [-0.05, 0) is 17.7 Å². The van der Waals surface area contributed by atoms with Gasteiger partial charge in [-0.25, -0.2) is 0 Å². The molecule has 1 nitrogen and oxygen atoms in total. The zero-order valence-corrected chi connectivity index (χ0v) is 10.4. The van der Waals surface area contributed by atoms with E-state index in [-0.39, 0.29) is 0 Å². The van der Waals surface area contributed by atoms with E-state index in [2.05, 4.69) is 34.6 Å². The van der Waals surface area contributed by atoms with Crippen molar-refractivity contribution in [2.45, 2.75) is 10.2 Å². The van der Waals surface area contributed by atoms with Gasteiger partial charge in [-0.1, -0.05) is 15.9 Å². The highest BCUT2D eigenvalue weighted by Crippen LogP contribution is 2.32. The molecule has 0 N–H and O–H groups in total. The molecule has 0 aliphatic rings. The molecular weight excluding hydrogens is 278 g/mol. The highest BCUT2D eigenvalue weighted by molar-refractivity contribution is 9.08. The van der Waals surface area contributed by atoms with Crippen LogP contribution in [-0.4, -0.2) is 0 Å². The molecule has 0 aliphatic heterocycles. The average Bonchev–Trinajstić information content (AvgIpc) is 2.61. The van der Waals surface area contributed by atoms with Crippen molar-refractivity contribution in [2.24, 2.45) is 0 Å². The van der Waals surface area contributed by atoms with Crippen LogP contribution in [0.2, 0.25) is 0 Å². The van der Waals surface area contributed by atoms with Gasteiger partial charge in [-0.2, -0.15) is 5.26 Å². The normalized spacial score (nSPS) is 10.4. The topological polar surface area (TPSA) is 23.8 Å². The van der Waals surface area contributed by atoms with Gasteiger partial charge in [0, 0.05) is 25.7 Å². The van der Waals surface area contributed by atoms with Crippen molar-refractivity contribution in [3.05, 3.63) is 28.6 Å². The number of benzene rings is 1. The van der Waals surface area contributed by atoms with Crippen LogP contribution in [0.15, 0.2) is 22.4 Å². The number of thiol groups is 1. The molecule has 1 aromatic heterocycles. The highest BCUT2D eigenvalue weighted by atomic mass is 79.9.